The van der Waals surface area contributed by atoms with Crippen molar-refractivity contribution in [3.05, 3.63) is 35.9 Å². The fraction of sp³-hybridized carbons (Fsp3) is 0.467. The van der Waals surface area contributed by atoms with Crippen LogP contribution in [-0.4, -0.2) is 29.4 Å². The third-order valence-electron chi connectivity index (χ3n) is 4.07. The third kappa shape index (κ3) is 2.41. The molecule has 4 atom stereocenters. The summed E-state index contributed by atoms with van der Waals surface area (Å²) in [6.45, 7) is 0. The molecule has 1 aromatic carbocycles. The summed E-state index contributed by atoms with van der Waals surface area (Å²) in [7, 11) is 0. The van der Waals surface area contributed by atoms with Crippen molar-refractivity contribution in [1.82, 2.24) is 0 Å². The fourth-order valence-corrected chi connectivity index (χ4v) is 3.09. The maximum absolute atomic E-state index is 11.3. The van der Waals surface area contributed by atoms with Crippen LogP contribution in [0.5, 0.6) is 0 Å². The van der Waals surface area contributed by atoms with Crippen molar-refractivity contribution in [2.24, 2.45) is 11.8 Å². The summed E-state index contributed by atoms with van der Waals surface area (Å²) in [4.78, 5) is 22.6. The van der Waals surface area contributed by atoms with Gasteiger partial charge in [-0.3, -0.25) is 4.79 Å². The predicted molar refractivity (Wildman–Crippen MR) is 68.7 cm³/mol. The number of carbonyl (C=O) groups is 2. The first kappa shape index (κ1) is 13.1. The van der Waals surface area contributed by atoms with Gasteiger partial charge in [0.05, 0.1) is 6.42 Å². The standard InChI is InChI=1S/C15H16O5/c16-12-8-11-10(7-6-9-4-2-1-3-5-9)13(14(17)18)20-15(11)19-12/h1-5,10-11,13,15H,6-8H2,(H,17,18)/t10-,11+,13+,15-/m0/s1. The maximum atomic E-state index is 11.3. The quantitative estimate of drug-likeness (QED) is 0.846. The molecule has 0 spiro atoms. The Balaban J connectivity index is 1.71. The van der Waals surface area contributed by atoms with E-state index in [0.717, 1.165) is 12.0 Å². The van der Waals surface area contributed by atoms with Crippen molar-refractivity contribution in [3.63, 3.8) is 0 Å². The van der Waals surface area contributed by atoms with Gasteiger partial charge in [-0.15, -0.1) is 0 Å². The molecule has 2 saturated heterocycles. The van der Waals surface area contributed by atoms with Crippen LogP contribution in [0.1, 0.15) is 18.4 Å². The number of fused-ring (bicyclic) bond motifs is 1. The number of carboxylic acids is 1. The molecule has 1 N–H and O–H groups in total. The first-order chi connectivity index (χ1) is 9.65. The number of ether oxygens (including phenoxy) is 2. The maximum Gasteiger partial charge on any atom is 0.333 e. The van der Waals surface area contributed by atoms with Crippen molar-refractivity contribution >= 4 is 11.9 Å². The molecule has 5 heteroatoms. The second-order valence-corrected chi connectivity index (χ2v) is 5.31. The number of hydrogen-bond donors (Lipinski definition) is 1. The lowest BCUT2D eigenvalue weighted by atomic mass is 9.84. The summed E-state index contributed by atoms with van der Waals surface area (Å²) in [6.07, 6.45) is 0.161. The van der Waals surface area contributed by atoms with E-state index in [1.54, 1.807) is 0 Å². The van der Waals surface area contributed by atoms with Gasteiger partial charge in [0.25, 0.3) is 0 Å². The lowest BCUT2D eigenvalue weighted by Gasteiger charge is -2.17. The van der Waals surface area contributed by atoms with Gasteiger partial charge in [0.1, 0.15) is 0 Å². The van der Waals surface area contributed by atoms with E-state index < -0.39 is 18.4 Å². The van der Waals surface area contributed by atoms with Crippen LogP contribution >= 0.6 is 0 Å². The number of carboxylic acid groups (broad SMARTS) is 1. The molecule has 0 radical (unpaired) electrons. The fourth-order valence-electron chi connectivity index (χ4n) is 3.09. The van der Waals surface area contributed by atoms with Crippen molar-refractivity contribution in [1.29, 1.82) is 0 Å². The highest BCUT2D eigenvalue weighted by molar-refractivity contribution is 5.76. The third-order valence-corrected chi connectivity index (χ3v) is 4.07. The van der Waals surface area contributed by atoms with Gasteiger partial charge in [-0.1, -0.05) is 30.3 Å². The Morgan fingerprint density at radius 2 is 2.05 bits per heavy atom. The summed E-state index contributed by atoms with van der Waals surface area (Å²) in [5.41, 5.74) is 1.16. The number of aryl methyl sites for hydroxylation is 1. The van der Waals surface area contributed by atoms with E-state index in [0.29, 0.717) is 6.42 Å². The average molecular weight is 276 g/mol. The summed E-state index contributed by atoms with van der Waals surface area (Å²) < 4.78 is 10.4. The van der Waals surface area contributed by atoms with E-state index in [1.807, 2.05) is 30.3 Å². The largest absolute Gasteiger partial charge is 0.479 e. The number of hydrogen-bond acceptors (Lipinski definition) is 4. The summed E-state index contributed by atoms with van der Waals surface area (Å²) in [5.74, 6) is -1.58. The van der Waals surface area contributed by atoms with Crippen LogP contribution in [-0.2, 0) is 25.5 Å². The van der Waals surface area contributed by atoms with Crippen LogP contribution in [0.15, 0.2) is 30.3 Å². The molecule has 0 aromatic heterocycles. The molecular formula is C15H16O5. The Labute approximate surface area is 116 Å². The van der Waals surface area contributed by atoms with E-state index in [2.05, 4.69) is 0 Å². The second kappa shape index (κ2) is 5.25. The Bertz CT molecular complexity index is 512. The molecule has 1 aromatic rings. The van der Waals surface area contributed by atoms with Crippen LogP contribution < -0.4 is 0 Å². The number of rotatable bonds is 4. The van der Waals surface area contributed by atoms with E-state index >= 15 is 0 Å². The highest BCUT2D eigenvalue weighted by Gasteiger charge is 2.53. The predicted octanol–water partition coefficient (Wildman–Crippen LogP) is 1.61. The first-order valence-electron chi connectivity index (χ1n) is 6.77. The van der Waals surface area contributed by atoms with Crippen LogP contribution in [0.2, 0.25) is 0 Å². The minimum absolute atomic E-state index is 0.132. The molecule has 0 bridgehead atoms. The normalized spacial score (nSPS) is 31.9. The van der Waals surface area contributed by atoms with Gasteiger partial charge >= 0.3 is 11.9 Å². The molecule has 0 amide bonds. The molecule has 2 fully saturated rings. The topological polar surface area (TPSA) is 72.8 Å². The van der Waals surface area contributed by atoms with Gasteiger partial charge in [-0.05, 0) is 18.4 Å². The average Bonchev–Trinajstić information content (AvgIpc) is 2.94. The Morgan fingerprint density at radius 1 is 1.30 bits per heavy atom. The summed E-state index contributed by atoms with van der Waals surface area (Å²) in [5, 5.41) is 9.24. The zero-order valence-corrected chi connectivity index (χ0v) is 10.9. The molecule has 2 heterocycles. The van der Waals surface area contributed by atoms with Gasteiger partial charge < -0.3 is 14.6 Å². The summed E-state index contributed by atoms with van der Waals surface area (Å²) >= 11 is 0. The van der Waals surface area contributed by atoms with Crippen molar-refractivity contribution in [3.8, 4) is 0 Å². The monoisotopic (exact) mass is 276 g/mol. The first-order valence-corrected chi connectivity index (χ1v) is 6.77. The van der Waals surface area contributed by atoms with Crippen LogP contribution in [0.3, 0.4) is 0 Å². The molecule has 0 saturated carbocycles. The zero-order chi connectivity index (χ0) is 14.1. The highest BCUT2D eigenvalue weighted by Crippen LogP contribution is 2.42. The van der Waals surface area contributed by atoms with Crippen LogP contribution in [0, 0.1) is 11.8 Å². The van der Waals surface area contributed by atoms with Gasteiger partial charge in [0, 0.05) is 11.8 Å². The second-order valence-electron chi connectivity index (χ2n) is 5.31. The van der Waals surface area contributed by atoms with Crippen molar-refractivity contribution in [2.75, 3.05) is 0 Å². The van der Waals surface area contributed by atoms with Gasteiger partial charge in [-0.2, -0.15) is 0 Å². The molecular weight excluding hydrogens is 260 g/mol. The molecule has 20 heavy (non-hydrogen) atoms. The molecule has 5 nitrogen and oxygen atoms in total. The zero-order valence-electron chi connectivity index (χ0n) is 10.9. The minimum atomic E-state index is -0.978. The minimum Gasteiger partial charge on any atom is -0.479 e. The molecule has 3 rings (SSSR count). The molecule has 0 unspecified atom stereocenters. The Morgan fingerprint density at radius 3 is 2.75 bits per heavy atom. The van der Waals surface area contributed by atoms with Gasteiger partial charge in [0.15, 0.2) is 6.10 Å². The molecule has 2 aliphatic rings. The van der Waals surface area contributed by atoms with Crippen molar-refractivity contribution in [2.45, 2.75) is 31.7 Å². The Hall–Kier alpha value is -1.88. The lowest BCUT2D eigenvalue weighted by Crippen LogP contribution is -2.29. The lowest BCUT2D eigenvalue weighted by molar-refractivity contribution is -0.175. The number of aliphatic carboxylic acids is 1. The van der Waals surface area contributed by atoms with Gasteiger partial charge in [-0.25, -0.2) is 4.79 Å². The van der Waals surface area contributed by atoms with E-state index in [9.17, 15) is 14.7 Å². The van der Waals surface area contributed by atoms with Crippen LogP contribution in [0.25, 0.3) is 0 Å². The van der Waals surface area contributed by atoms with E-state index in [1.165, 1.54) is 0 Å². The smallest absolute Gasteiger partial charge is 0.333 e. The molecule has 0 aliphatic carbocycles. The number of benzene rings is 1. The van der Waals surface area contributed by atoms with E-state index in [4.69, 9.17) is 9.47 Å². The number of carbonyl (C=O) groups excluding carboxylic acids is 1. The molecule has 2 aliphatic heterocycles. The van der Waals surface area contributed by atoms with E-state index in [-0.39, 0.29) is 24.2 Å². The highest BCUT2D eigenvalue weighted by atomic mass is 16.7. The molecule has 106 valence electrons. The Kier molecular flexibility index (Phi) is 3.44. The van der Waals surface area contributed by atoms with Crippen molar-refractivity contribution < 1.29 is 24.2 Å². The van der Waals surface area contributed by atoms with Crippen LogP contribution in [0.4, 0.5) is 0 Å². The number of esters is 1. The van der Waals surface area contributed by atoms with Gasteiger partial charge in [0.2, 0.25) is 6.29 Å². The SMILES string of the molecule is O=C1C[C@H]2[C@@H](O1)O[C@@H](C(=O)O)[C@H]2CCc1ccccc1. The summed E-state index contributed by atoms with van der Waals surface area (Å²) in [6, 6.07) is 9.89.